The van der Waals surface area contributed by atoms with Gasteiger partial charge in [0.2, 0.25) is 0 Å². The summed E-state index contributed by atoms with van der Waals surface area (Å²) in [5.41, 5.74) is 3.40. The zero-order valence-electron chi connectivity index (χ0n) is 11.4. The molecule has 1 aromatic carbocycles. The monoisotopic (exact) mass is 244 g/mol. The summed E-state index contributed by atoms with van der Waals surface area (Å²) in [6, 6.07) is 8.98. The van der Waals surface area contributed by atoms with Crippen LogP contribution in [0.2, 0.25) is 0 Å². The molecule has 0 radical (unpaired) electrons. The summed E-state index contributed by atoms with van der Waals surface area (Å²) >= 11 is 0. The second-order valence-electron chi connectivity index (χ2n) is 5.74. The Morgan fingerprint density at radius 2 is 2.00 bits per heavy atom. The van der Waals surface area contributed by atoms with Gasteiger partial charge in [-0.25, -0.2) is 0 Å². The maximum absolute atomic E-state index is 3.61. The third-order valence-corrected chi connectivity index (χ3v) is 4.74. The van der Waals surface area contributed by atoms with Crippen LogP contribution >= 0.6 is 0 Å². The van der Waals surface area contributed by atoms with Crippen molar-refractivity contribution in [1.82, 2.24) is 5.32 Å². The molecule has 2 heteroatoms. The average Bonchev–Trinajstić information content (AvgIpc) is 2.88. The van der Waals surface area contributed by atoms with Gasteiger partial charge in [0.25, 0.3) is 0 Å². The number of aryl methyl sites for hydroxylation is 1. The number of para-hydroxylation sites is 1. The topological polar surface area (TPSA) is 15.3 Å². The molecule has 1 heterocycles. The highest BCUT2D eigenvalue weighted by molar-refractivity contribution is 5.56. The zero-order valence-corrected chi connectivity index (χ0v) is 11.4. The first-order valence-corrected chi connectivity index (χ1v) is 7.42. The van der Waals surface area contributed by atoms with E-state index in [4.69, 9.17) is 0 Å². The van der Waals surface area contributed by atoms with Crippen molar-refractivity contribution in [3.8, 4) is 0 Å². The van der Waals surface area contributed by atoms with Crippen molar-refractivity contribution in [2.75, 3.05) is 24.5 Å². The highest BCUT2D eigenvalue weighted by atomic mass is 15.3. The lowest BCUT2D eigenvalue weighted by Gasteiger charge is -2.47. The van der Waals surface area contributed by atoms with E-state index in [0.29, 0.717) is 5.54 Å². The molecule has 98 valence electrons. The Labute approximate surface area is 110 Å². The van der Waals surface area contributed by atoms with Gasteiger partial charge in [0.15, 0.2) is 0 Å². The molecular formula is C16H24N2. The minimum absolute atomic E-state index is 0.406. The van der Waals surface area contributed by atoms with E-state index in [0.717, 1.165) is 19.5 Å². The van der Waals surface area contributed by atoms with E-state index in [9.17, 15) is 0 Å². The first kappa shape index (κ1) is 12.0. The highest BCUT2D eigenvalue weighted by Gasteiger charge is 2.41. The Balaban J connectivity index is 1.97. The van der Waals surface area contributed by atoms with E-state index in [1.807, 2.05) is 0 Å². The summed E-state index contributed by atoms with van der Waals surface area (Å²) in [6.07, 6.45) is 6.64. The molecule has 1 aliphatic carbocycles. The molecular weight excluding hydrogens is 220 g/mol. The summed E-state index contributed by atoms with van der Waals surface area (Å²) in [6.45, 7) is 5.73. The molecule has 0 bridgehead atoms. The third kappa shape index (κ3) is 1.93. The molecule has 3 rings (SSSR count). The lowest BCUT2D eigenvalue weighted by molar-refractivity contribution is 0.332. The van der Waals surface area contributed by atoms with E-state index in [2.05, 4.69) is 41.4 Å². The molecule has 2 fully saturated rings. The van der Waals surface area contributed by atoms with Crippen LogP contribution in [0.25, 0.3) is 0 Å². The summed E-state index contributed by atoms with van der Waals surface area (Å²) in [5.74, 6) is 0. The molecule has 1 spiro atoms. The molecule has 1 aromatic rings. The maximum Gasteiger partial charge on any atom is 0.0527 e. The highest BCUT2D eigenvalue weighted by Crippen LogP contribution is 2.40. The van der Waals surface area contributed by atoms with Crippen molar-refractivity contribution in [2.45, 2.75) is 44.6 Å². The number of nitrogens with one attached hydrogen (secondary N) is 1. The molecule has 0 unspecified atom stereocenters. The van der Waals surface area contributed by atoms with Crippen molar-refractivity contribution >= 4 is 5.69 Å². The Morgan fingerprint density at radius 1 is 1.22 bits per heavy atom. The Kier molecular flexibility index (Phi) is 3.29. The first-order valence-electron chi connectivity index (χ1n) is 7.42. The third-order valence-electron chi connectivity index (χ3n) is 4.74. The molecule has 18 heavy (non-hydrogen) atoms. The molecule has 1 aliphatic heterocycles. The number of benzene rings is 1. The van der Waals surface area contributed by atoms with Crippen LogP contribution in [0.1, 0.15) is 38.2 Å². The largest absolute Gasteiger partial charge is 0.363 e. The van der Waals surface area contributed by atoms with Crippen LogP contribution < -0.4 is 10.2 Å². The number of hydrogen-bond acceptors (Lipinski definition) is 2. The maximum atomic E-state index is 3.61. The van der Waals surface area contributed by atoms with E-state index < -0.39 is 0 Å². The lowest BCUT2D eigenvalue weighted by atomic mass is 9.91. The molecule has 1 N–H and O–H groups in total. The van der Waals surface area contributed by atoms with E-state index in [-0.39, 0.29) is 0 Å². The second-order valence-corrected chi connectivity index (χ2v) is 5.74. The van der Waals surface area contributed by atoms with E-state index in [1.165, 1.54) is 43.5 Å². The zero-order chi connectivity index (χ0) is 12.4. The van der Waals surface area contributed by atoms with Crippen molar-refractivity contribution in [2.24, 2.45) is 0 Å². The fraction of sp³-hybridized carbons (Fsp3) is 0.625. The van der Waals surface area contributed by atoms with Gasteiger partial charge in [0, 0.05) is 25.3 Å². The van der Waals surface area contributed by atoms with Crippen molar-refractivity contribution < 1.29 is 0 Å². The van der Waals surface area contributed by atoms with Crippen molar-refractivity contribution in [3.63, 3.8) is 0 Å². The molecule has 2 aliphatic rings. The second kappa shape index (κ2) is 4.93. The van der Waals surface area contributed by atoms with Gasteiger partial charge in [-0.05, 0) is 30.9 Å². The van der Waals surface area contributed by atoms with Crippen LogP contribution in [0.4, 0.5) is 5.69 Å². The quantitative estimate of drug-likeness (QED) is 0.860. The number of piperazine rings is 1. The van der Waals surface area contributed by atoms with Gasteiger partial charge in [0.05, 0.1) is 5.54 Å². The predicted octanol–water partition coefficient (Wildman–Crippen LogP) is 2.97. The summed E-state index contributed by atoms with van der Waals surface area (Å²) in [5, 5.41) is 3.61. The standard InChI is InChI=1S/C16H24N2/c1-2-14-7-3-4-8-15(14)18-12-11-17-13-16(18)9-5-6-10-16/h3-4,7-8,17H,2,5-6,9-13H2,1H3. The average molecular weight is 244 g/mol. The summed E-state index contributed by atoms with van der Waals surface area (Å²) in [4.78, 5) is 2.72. The molecule has 0 aromatic heterocycles. The number of nitrogens with zero attached hydrogens (tertiary/aromatic N) is 1. The lowest BCUT2D eigenvalue weighted by Crippen LogP contribution is -2.60. The fourth-order valence-corrected chi connectivity index (χ4v) is 3.77. The Morgan fingerprint density at radius 3 is 2.78 bits per heavy atom. The van der Waals surface area contributed by atoms with Crippen molar-refractivity contribution in [1.29, 1.82) is 0 Å². The van der Waals surface area contributed by atoms with Crippen LogP contribution in [0.3, 0.4) is 0 Å². The minimum Gasteiger partial charge on any atom is -0.363 e. The molecule has 0 amide bonds. The van der Waals surface area contributed by atoms with Crippen LogP contribution in [-0.4, -0.2) is 25.2 Å². The van der Waals surface area contributed by atoms with Gasteiger partial charge >= 0.3 is 0 Å². The van der Waals surface area contributed by atoms with Gasteiger partial charge in [-0.2, -0.15) is 0 Å². The Bertz CT molecular complexity index is 407. The summed E-state index contributed by atoms with van der Waals surface area (Å²) in [7, 11) is 0. The number of anilines is 1. The molecule has 0 atom stereocenters. The van der Waals surface area contributed by atoms with Crippen molar-refractivity contribution in [3.05, 3.63) is 29.8 Å². The van der Waals surface area contributed by atoms with Crippen LogP contribution in [-0.2, 0) is 6.42 Å². The van der Waals surface area contributed by atoms with Crippen LogP contribution in [0, 0.1) is 0 Å². The molecule has 2 nitrogen and oxygen atoms in total. The SMILES string of the molecule is CCc1ccccc1N1CCNCC12CCCC2. The number of hydrogen-bond donors (Lipinski definition) is 1. The number of rotatable bonds is 2. The molecule has 1 saturated heterocycles. The van der Waals surface area contributed by atoms with Crippen LogP contribution in [0.5, 0.6) is 0 Å². The van der Waals surface area contributed by atoms with Gasteiger partial charge < -0.3 is 10.2 Å². The Hall–Kier alpha value is -1.02. The van der Waals surface area contributed by atoms with Crippen LogP contribution in [0.15, 0.2) is 24.3 Å². The van der Waals surface area contributed by atoms with Gasteiger partial charge in [0.1, 0.15) is 0 Å². The minimum atomic E-state index is 0.406. The van der Waals surface area contributed by atoms with E-state index >= 15 is 0 Å². The summed E-state index contributed by atoms with van der Waals surface area (Å²) < 4.78 is 0. The van der Waals surface area contributed by atoms with Gasteiger partial charge in [-0.3, -0.25) is 0 Å². The predicted molar refractivity (Wildman–Crippen MR) is 77.2 cm³/mol. The fourth-order valence-electron chi connectivity index (χ4n) is 3.77. The van der Waals surface area contributed by atoms with E-state index in [1.54, 1.807) is 0 Å². The van der Waals surface area contributed by atoms with Gasteiger partial charge in [-0.1, -0.05) is 38.0 Å². The molecule has 1 saturated carbocycles. The first-order chi connectivity index (χ1) is 8.86. The van der Waals surface area contributed by atoms with Gasteiger partial charge in [-0.15, -0.1) is 0 Å². The normalized spacial score (nSPS) is 22.6. The smallest absolute Gasteiger partial charge is 0.0527 e.